The van der Waals surface area contributed by atoms with Crippen molar-refractivity contribution in [3.05, 3.63) is 70.3 Å². The van der Waals surface area contributed by atoms with Gasteiger partial charge in [0.25, 0.3) is 5.56 Å². The number of pyridine rings is 1. The summed E-state index contributed by atoms with van der Waals surface area (Å²) in [5.41, 5.74) is 2.98. The van der Waals surface area contributed by atoms with Crippen molar-refractivity contribution in [2.75, 3.05) is 19.6 Å². The van der Waals surface area contributed by atoms with E-state index in [1.165, 1.54) is 0 Å². The number of H-pyrrole nitrogens is 1. The highest BCUT2D eigenvalue weighted by molar-refractivity contribution is 6.00. The van der Waals surface area contributed by atoms with Crippen molar-refractivity contribution in [3.8, 4) is 0 Å². The lowest BCUT2D eigenvalue weighted by Crippen LogP contribution is -2.48. The minimum absolute atomic E-state index is 0.0981. The van der Waals surface area contributed by atoms with Crippen LogP contribution in [0.3, 0.4) is 0 Å². The Morgan fingerprint density at radius 1 is 1.12 bits per heavy atom. The molecule has 0 radical (unpaired) electrons. The summed E-state index contributed by atoms with van der Waals surface area (Å²) < 4.78 is 1.93. The average Bonchev–Trinajstić information content (AvgIpc) is 3.10. The molecule has 2 bridgehead atoms. The molecule has 0 saturated carbocycles. The number of carbonyl (C=O) groups excluding carboxylic acids is 1. The molecular weight excluding hydrogens is 326 g/mol. The van der Waals surface area contributed by atoms with E-state index in [1.807, 2.05) is 41.1 Å². The number of Topliss-reactive ketones (excluding diaryl/α,β-unsaturated/α-hetero) is 1. The zero-order valence-corrected chi connectivity index (χ0v) is 14.5. The average molecular weight is 347 g/mol. The summed E-state index contributed by atoms with van der Waals surface area (Å²) >= 11 is 0. The van der Waals surface area contributed by atoms with E-state index in [0.29, 0.717) is 18.4 Å². The van der Waals surface area contributed by atoms with Gasteiger partial charge in [0.15, 0.2) is 5.78 Å². The highest BCUT2D eigenvalue weighted by Gasteiger charge is 2.34. The van der Waals surface area contributed by atoms with Crippen molar-refractivity contribution in [1.82, 2.24) is 14.5 Å². The number of aromatic amines is 1. The lowest BCUT2D eigenvalue weighted by Gasteiger charge is -2.42. The van der Waals surface area contributed by atoms with Gasteiger partial charge in [-0.2, -0.15) is 0 Å². The van der Waals surface area contributed by atoms with Gasteiger partial charge in [0, 0.05) is 54.6 Å². The van der Waals surface area contributed by atoms with E-state index in [-0.39, 0.29) is 11.3 Å². The molecule has 0 unspecified atom stereocenters. The summed E-state index contributed by atoms with van der Waals surface area (Å²) in [5.74, 6) is 0.946. The third-order valence-electron chi connectivity index (χ3n) is 5.80. The Morgan fingerprint density at radius 2 is 2.04 bits per heavy atom. The molecule has 26 heavy (non-hydrogen) atoms. The first-order chi connectivity index (χ1) is 12.7. The molecule has 1 saturated heterocycles. The van der Waals surface area contributed by atoms with Crippen LogP contribution in [0, 0.1) is 5.92 Å². The van der Waals surface area contributed by atoms with Crippen LogP contribution in [-0.4, -0.2) is 39.9 Å². The molecule has 5 nitrogen and oxygen atoms in total. The van der Waals surface area contributed by atoms with E-state index >= 15 is 0 Å². The second kappa shape index (κ2) is 5.95. The monoisotopic (exact) mass is 347 g/mol. The third-order valence-corrected chi connectivity index (χ3v) is 5.80. The molecule has 3 aromatic rings. The Kier molecular flexibility index (Phi) is 3.57. The van der Waals surface area contributed by atoms with E-state index in [2.05, 4.69) is 16.0 Å². The molecule has 2 aromatic heterocycles. The largest absolute Gasteiger partial charge is 0.361 e. The Morgan fingerprint density at radius 3 is 2.96 bits per heavy atom. The summed E-state index contributed by atoms with van der Waals surface area (Å²) in [7, 11) is 0. The van der Waals surface area contributed by atoms with Crippen molar-refractivity contribution in [2.24, 2.45) is 5.92 Å². The number of piperidine rings is 1. The van der Waals surface area contributed by atoms with Gasteiger partial charge >= 0.3 is 0 Å². The number of likely N-dealkylation sites (tertiary alicyclic amines) is 1. The third kappa shape index (κ3) is 2.59. The number of fused-ring (bicyclic) bond motifs is 5. The van der Waals surface area contributed by atoms with Crippen LogP contribution in [0.15, 0.2) is 53.5 Å². The van der Waals surface area contributed by atoms with Crippen LogP contribution in [0.4, 0.5) is 0 Å². The van der Waals surface area contributed by atoms with Crippen LogP contribution in [0.1, 0.15) is 28.4 Å². The molecular formula is C21H21N3O2. The molecule has 132 valence electrons. The summed E-state index contributed by atoms with van der Waals surface area (Å²) in [5, 5.41) is 1.12. The molecule has 5 heteroatoms. The number of hydrogen-bond donors (Lipinski definition) is 1. The quantitative estimate of drug-likeness (QED) is 0.741. The fourth-order valence-corrected chi connectivity index (χ4v) is 4.64. The Hall–Kier alpha value is -2.66. The van der Waals surface area contributed by atoms with E-state index in [1.54, 1.807) is 6.07 Å². The van der Waals surface area contributed by atoms with Crippen molar-refractivity contribution in [2.45, 2.75) is 18.9 Å². The molecule has 4 heterocycles. The highest BCUT2D eigenvalue weighted by Crippen LogP contribution is 2.34. The number of carbonyl (C=O) groups is 1. The Balaban J connectivity index is 1.36. The predicted octanol–water partition coefficient (Wildman–Crippen LogP) is 2.63. The van der Waals surface area contributed by atoms with Crippen LogP contribution in [0.2, 0.25) is 0 Å². The fraction of sp³-hybridized carbons (Fsp3) is 0.333. The summed E-state index contributed by atoms with van der Waals surface area (Å²) in [6.45, 7) is 2.94. The van der Waals surface area contributed by atoms with E-state index in [0.717, 1.165) is 48.2 Å². The van der Waals surface area contributed by atoms with E-state index in [4.69, 9.17) is 0 Å². The summed E-state index contributed by atoms with van der Waals surface area (Å²) in [6.07, 6.45) is 3.01. The molecule has 0 spiro atoms. The lowest BCUT2D eigenvalue weighted by atomic mass is 9.83. The number of hydrogen-bond acceptors (Lipinski definition) is 3. The van der Waals surface area contributed by atoms with Crippen LogP contribution >= 0.6 is 0 Å². The van der Waals surface area contributed by atoms with Crippen LogP contribution in [-0.2, 0) is 6.54 Å². The number of benzene rings is 1. The Labute approximate surface area is 151 Å². The minimum Gasteiger partial charge on any atom is -0.361 e. The second-order valence-electron chi connectivity index (χ2n) is 7.60. The van der Waals surface area contributed by atoms with Gasteiger partial charge in [-0.1, -0.05) is 18.2 Å². The number of aromatic nitrogens is 2. The standard InChI is InChI=1S/C21H21N3O2/c25-20(16-5-4-15-6-7-22-18(15)9-16)13-23-10-14-8-17(12-23)19-2-1-3-21(26)24(19)11-14/h1-7,9,14,17,22H,8,10-13H2/t14-,17+/m1/s1. The number of ketones is 1. The van der Waals surface area contributed by atoms with Crippen LogP contribution in [0.5, 0.6) is 0 Å². The summed E-state index contributed by atoms with van der Waals surface area (Å²) in [4.78, 5) is 30.3. The molecule has 1 fully saturated rings. The van der Waals surface area contributed by atoms with Gasteiger partial charge in [-0.05, 0) is 35.9 Å². The number of rotatable bonds is 3. The van der Waals surface area contributed by atoms with Gasteiger partial charge in [0.2, 0.25) is 0 Å². The summed E-state index contributed by atoms with van der Waals surface area (Å²) in [6, 6.07) is 13.4. The van der Waals surface area contributed by atoms with E-state index in [9.17, 15) is 9.59 Å². The normalized spacial score (nSPS) is 22.3. The van der Waals surface area contributed by atoms with Gasteiger partial charge in [-0.15, -0.1) is 0 Å². The molecule has 5 rings (SSSR count). The van der Waals surface area contributed by atoms with Gasteiger partial charge in [-0.25, -0.2) is 0 Å². The highest BCUT2D eigenvalue weighted by atomic mass is 16.1. The maximum absolute atomic E-state index is 12.8. The van der Waals surface area contributed by atoms with Crippen molar-refractivity contribution in [1.29, 1.82) is 0 Å². The smallest absolute Gasteiger partial charge is 0.250 e. The SMILES string of the molecule is O=C(CN1C[C@H]2C[C@@H](C1)c1cccc(=O)n1C2)c1ccc2cc[nH]c2c1. The van der Waals surface area contributed by atoms with Gasteiger partial charge in [0.05, 0.1) is 6.54 Å². The number of nitrogens with one attached hydrogen (secondary N) is 1. The first-order valence-electron chi connectivity index (χ1n) is 9.20. The molecule has 0 amide bonds. The molecule has 2 aliphatic heterocycles. The fourth-order valence-electron chi connectivity index (χ4n) is 4.64. The molecule has 2 atom stereocenters. The molecule has 0 aliphatic carbocycles. The molecule has 1 N–H and O–H groups in total. The van der Waals surface area contributed by atoms with E-state index < -0.39 is 0 Å². The Bertz CT molecular complexity index is 1050. The first-order valence-corrected chi connectivity index (χ1v) is 9.20. The predicted molar refractivity (Wildman–Crippen MR) is 101 cm³/mol. The van der Waals surface area contributed by atoms with Crippen LogP contribution in [0.25, 0.3) is 10.9 Å². The maximum Gasteiger partial charge on any atom is 0.250 e. The topological polar surface area (TPSA) is 58.1 Å². The van der Waals surface area contributed by atoms with Gasteiger partial charge in [0.1, 0.15) is 0 Å². The zero-order valence-electron chi connectivity index (χ0n) is 14.5. The first kappa shape index (κ1) is 15.6. The maximum atomic E-state index is 12.8. The zero-order chi connectivity index (χ0) is 17.7. The molecule has 2 aliphatic rings. The molecule has 1 aromatic carbocycles. The van der Waals surface area contributed by atoms with Crippen LogP contribution < -0.4 is 5.56 Å². The van der Waals surface area contributed by atoms with Gasteiger partial charge in [-0.3, -0.25) is 14.5 Å². The van der Waals surface area contributed by atoms with Crippen molar-refractivity contribution >= 4 is 16.7 Å². The lowest BCUT2D eigenvalue weighted by molar-refractivity contribution is 0.0817. The number of nitrogens with zero attached hydrogens (tertiary/aromatic N) is 2. The van der Waals surface area contributed by atoms with Gasteiger partial charge < -0.3 is 9.55 Å². The van der Waals surface area contributed by atoms with Crippen molar-refractivity contribution in [3.63, 3.8) is 0 Å². The van der Waals surface area contributed by atoms with Crippen molar-refractivity contribution < 1.29 is 4.79 Å². The second-order valence-corrected chi connectivity index (χ2v) is 7.60. The minimum atomic E-state index is 0.0981.